The van der Waals surface area contributed by atoms with Crippen LogP contribution in [0.5, 0.6) is 0 Å². The van der Waals surface area contributed by atoms with Crippen LogP contribution >= 0.6 is 11.6 Å². The van der Waals surface area contributed by atoms with E-state index in [-0.39, 0.29) is 19.0 Å². The zero-order chi connectivity index (χ0) is 22.0. The Morgan fingerprint density at radius 1 is 0.839 bits per heavy atom. The number of amides is 1. The van der Waals surface area contributed by atoms with E-state index in [1.54, 1.807) is 37.4 Å². The van der Waals surface area contributed by atoms with Crippen molar-refractivity contribution in [2.75, 3.05) is 11.9 Å². The summed E-state index contributed by atoms with van der Waals surface area (Å²) in [5.41, 5.74) is 1.10. The van der Waals surface area contributed by atoms with Crippen molar-refractivity contribution in [3.8, 4) is 0 Å². The first kappa shape index (κ1) is 20.6. The number of carbonyl (C=O) groups is 1. The second-order valence-electron chi connectivity index (χ2n) is 7.19. The summed E-state index contributed by atoms with van der Waals surface area (Å²) in [5, 5.41) is 0.412. The molecule has 0 aliphatic rings. The maximum absolute atomic E-state index is 13.0. The van der Waals surface area contributed by atoms with Crippen LogP contribution in [0.1, 0.15) is 5.56 Å². The number of rotatable bonds is 5. The number of hydrogen-bond acceptors (Lipinski definition) is 3. The highest BCUT2D eigenvalue weighted by atomic mass is 35.5. The van der Waals surface area contributed by atoms with E-state index in [2.05, 4.69) is 0 Å². The van der Waals surface area contributed by atoms with E-state index < -0.39 is 11.1 Å². The third kappa shape index (κ3) is 4.15. The Balaban J connectivity index is 1.81. The molecule has 1 amide bonds. The van der Waals surface area contributed by atoms with Crippen molar-refractivity contribution in [1.82, 2.24) is 9.13 Å². The number of carbonyl (C=O) groups excluding carboxylic acids is 1. The summed E-state index contributed by atoms with van der Waals surface area (Å²) < 4.78 is 2.62. The lowest BCUT2D eigenvalue weighted by molar-refractivity contribution is -0.118. The standard InChI is InChI=1S/C24H20ClN3O3/c1-26(19-10-6-3-7-11-19)22(29)16-28-21-14-18(25)12-13-20(21)27(23(30)24(28)31)15-17-8-4-2-5-9-17/h2-14H,15-16H2,1H3. The fraction of sp³-hybridized carbons (Fsp3) is 0.125. The summed E-state index contributed by atoms with van der Waals surface area (Å²) in [5.74, 6) is -0.324. The summed E-state index contributed by atoms with van der Waals surface area (Å²) in [7, 11) is 1.63. The van der Waals surface area contributed by atoms with Gasteiger partial charge in [-0.2, -0.15) is 0 Å². The van der Waals surface area contributed by atoms with E-state index in [0.717, 1.165) is 5.56 Å². The second kappa shape index (κ2) is 8.62. The molecule has 1 aromatic heterocycles. The minimum absolute atomic E-state index is 0.242. The molecule has 1 heterocycles. The maximum atomic E-state index is 13.0. The lowest BCUT2D eigenvalue weighted by Crippen LogP contribution is -2.44. The molecule has 0 N–H and O–H groups in total. The molecule has 6 nitrogen and oxygen atoms in total. The zero-order valence-corrected chi connectivity index (χ0v) is 17.6. The minimum atomic E-state index is -0.763. The van der Waals surface area contributed by atoms with E-state index in [0.29, 0.717) is 21.7 Å². The number of halogens is 1. The van der Waals surface area contributed by atoms with Crippen LogP contribution in [0.3, 0.4) is 0 Å². The highest BCUT2D eigenvalue weighted by molar-refractivity contribution is 6.31. The Labute approximate surface area is 183 Å². The van der Waals surface area contributed by atoms with Crippen molar-refractivity contribution >= 4 is 34.2 Å². The smallest absolute Gasteiger partial charge is 0.314 e. The van der Waals surface area contributed by atoms with Gasteiger partial charge >= 0.3 is 11.1 Å². The van der Waals surface area contributed by atoms with Gasteiger partial charge in [-0.25, -0.2) is 0 Å². The first-order chi connectivity index (χ1) is 15.0. The lowest BCUT2D eigenvalue weighted by atomic mass is 10.2. The van der Waals surface area contributed by atoms with E-state index in [9.17, 15) is 14.4 Å². The molecular weight excluding hydrogens is 414 g/mol. The molecule has 0 fully saturated rings. The molecule has 0 aliphatic heterocycles. The molecule has 4 aromatic rings. The number of aromatic nitrogens is 2. The first-order valence-corrected chi connectivity index (χ1v) is 10.1. The number of likely N-dealkylation sites (N-methyl/N-ethyl adjacent to an activating group) is 1. The lowest BCUT2D eigenvalue weighted by Gasteiger charge is -2.20. The van der Waals surface area contributed by atoms with Gasteiger partial charge in [0.2, 0.25) is 5.91 Å². The molecule has 0 unspecified atom stereocenters. The van der Waals surface area contributed by atoms with Crippen LogP contribution in [-0.2, 0) is 17.9 Å². The Kier molecular flexibility index (Phi) is 5.73. The predicted octanol–water partition coefficient (Wildman–Crippen LogP) is 3.53. The van der Waals surface area contributed by atoms with Crippen LogP contribution in [0, 0.1) is 0 Å². The normalized spacial score (nSPS) is 10.9. The Hall–Kier alpha value is -3.64. The molecular formula is C24H20ClN3O3. The van der Waals surface area contributed by atoms with E-state index in [1.807, 2.05) is 48.5 Å². The van der Waals surface area contributed by atoms with Crippen LogP contribution in [-0.4, -0.2) is 22.1 Å². The molecule has 156 valence electrons. The van der Waals surface area contributed by atoms with Gasteiger partial charge in [-0.3, -0.25) is 23.5 Å². The number of hydrogen-bond donors (Lipinski definition) is 0. The van der Waals surface area contributed by atoms with Gasteiger partial charge in [0, 0.05) is 17.8 Å². The molecule has 0 atom stereocenters. The van der Waals surface area contributed by atoms with Gasteiger partial charge in [0.25, 0.3) is 0 Å². The fourth-order valence-electron chi connectivity index (χ4n) is 3.51. The van der Waals surface area contributed by atoms with Crippen molar-refractivity contribution in [3.63, 3.8) is 0 Å². The Morgan fingerprint density at radius 2 is 1.45 bits per heavy atom. The van der Waals surface area contributed by atoms with Crippen LogP contribution < -0.4 is 16.0 Å². The first-order valence-electron chi connectivity index (χ1n) is 9.74. The Bertz CT molecular complexity index is 1360. The van der Waals surface area contributed by atoms with Crippen molar-refractivity contribution < 1.29 is 4.79 Å². The van der Waals surface area contributed by atoms with Crippen LogP contribution in [0.2, 0.25) is 5.02 Å². The van der Waals surface area contributed by atoms with Gasteiger partial charge in [0.1, 0.15) is 6.54 Å². The van der Waals surface area contributed by atoms with Crippen LogP contribution in [0.4, 0.5) is 5.69 Å². The van der Waals surface area contributed by atoms with Gasteiger partial charge in [-0.15, -0.1) is 0 Å². The van der Waals surface area contributed by atoms with Gasteiger partial charge in [-0.05, 0) is 35.9 Å². The van der Waals surface area contributed by atoms with Crippen molar-refractivity contribution in [1.29, 1.82) is 0 Å². The maximum Gasteiger partial charge on any atom is 0.317 e. The minimum Gasteiger partial charge on any atom is -0.314 e. The van der Waals surface area contributed by atoms with Gasteiger partial charge in [-0.1, -0.05) is 60.1 Å². The van der Waals surface area contributed by atoms with Gasteiger partial charge in [0.05, 0.1) is 17.6 Å². The number of benzene rings is 3. The van der Waals surface area contributed by atoms with E-state index in [4.69, 9.17) is 11.6 Å². The molecule has 0 aliphatic carbocycles. The number of anilines is 1. The van der Waals surface area contributed by atoms with Gasteiger partial charge in [0.15, 0.2) is 0 Å². The number of nitrogens with zero attached hydrogens (tertiary/aromatic N) is 3. The van der Waals surface area contributed by atoms with Crippen molar-refractivity contribution in [2.45, 2.75) is 13.1 Å². The van der Waals surface area contributed by atoms with Gasteiger partial charge < -0.3 is 4.90 Å². The third-order valence-electron chi connectivity index (χ3n) is 5.19. The van der Waals surface area contributed by atoms with E-state index in [1.165, 1.54) is 14.0 Å². The Morgan fingerprint density at radius 3 is 2.13 bits per heavy atom. The van der Waals surface area contributed by atoms with Crippen LogP contribution in [0.15, 0.2) is 88.5 Å². The second-order valence-corrected chi connectivity index (χ2v) is 7.63. The summed E-state index contributed by atoms with van der Waals surface area (Å²) >= 11 is 6.19. The van der Waals surface area contributed by atoms with Crippen molar-refractivity contribution in [2.24, 2.45) is 0 Å². The average Bonchev–Trinajstić information content (AvgIpc) is 2.80. The van der Waals surface area contributed by atoms with E-state index >= 15 is 0 Å². The molecule has 7 heteroatoms. The summed E-state index contributed by atoms with van der Waals surface area (Å²) in [6.07, 6.45) is 0. The SMILES string of the molecule is CN(C(=O)Cn1c(=O)c(=O)n(Cc2ccccc2)c2ccc(Cl)cc21)c1ccccc1. The molecule has 0 spiro atoms. The predicted molar refractivity (Wildman–Crippen MR) is 123 cm³/mol. The average molecular weight is 434 g/mol. The zero-order valence-electron chi connectivity index (χ0n) is 16.9. The molecule has 0 saturated carbocycles. The molecule has 0 bridgehead atoms. The molecule has 0 radical (unpaired) electrons. The quantitative estimate of drug-likeness (QED) is 0.452. The highest BCUT2D eigenvalue weighted by Gasteiger charge is 2.18. The topological polar surface area (TPSA) is 64.3 Å². The molecule has 0 saturated heterocycles. The number of fused-ring (bicyclic) bond motifs is 1. The third-order valence-corrected chi connectivity index (χ3v) is 5.42. The fourth-order valence-corrected chi connectivity index (χ4v) is 3.67. The molecule has 4 rings (SSSR count). The monoisotopic (exact) mass is 433 g/mol. The van der Waals surface area contributed by atoms with Crippen molar-refractivity contribution in [3.05, 3.63) is 110 Å². The summed E-state index contributed by atoms with van der Waals surface area (Å²) in [4.78, 5) is 40.4. The highest BCUT2D eigenvalue weighted by Crippen LogP contribution is 2.19. The number of para-hydroxylation sites is 1. The molecule has 31 heavy (non-hydrogen) atoms. The summed E-state index contributed by atoms with van der Waals surface area (Å²) in [6, 6.07) is 23.5. The molecule has 3 aromatic carbocycles. The van der Waals surface area contributed by atoms with Crippen LogP contribution in [0.25, 0.3) is 11.0 Å². The largest absolute Gasteiger partial charge is 0.317 e. The summed E-state index contributed by atoms with van der Waals surface area (Å²) in [6.45, 7) is -0.0335.